The van der Waals surface area contributed by atoms with Gasteiger partial charge in [0.25, 0.3) is 10.0 Å². The van der Waals surface area contributed by atoms with Crippen LogP contribution < -0.4 is 14.4 Å². The van der Waals surface area contributed by atoms with E-state index < -0.39 is 22.5 Å². The van der Waals surface area contributed by atoms with Gasteiger partial charge in [-0.15, -0.1) is 0 Å². The highest BCUT2D eigenvalue weighted by Crippen LogP contribution is 2.31. The molecule has 0 saturated heterocycles. The van der Waals surface area contributed by atoms with Gasteiger partial charge in [0.1, 0.15) is 17.2 Å². The molecule has 1 amide bonds. The number of sulfonamides is 1. The minimum atomic E-state index is -4.18. The zero-order valence-corrected chi connectivity index (χ0v) is 23.6. The minimum Gasteiger partial charge on any atom is -0.495 e. The third-order valence-corrected chi connectivity index (χ3v) is 7.91. The maximum Gasteiger partial charge on any atom is 0.268 e. The number of amides is 1. The maximum atomic E-state index is 13.8. The van der Waals surface area contributed by atoms with Crippen molar-refractivity contribution in [2.24, 2.45) is 0 Å². The molecule has 0 aliphatic rings. The number of hydrogen-bond acceptors (Lipinski definition) is 7. The minimum absolute atomic E-state index is 0.0424. The zero-order valence-electron chi connectivity index (χ0n) is 22.0. The number of nitrogens with zero attached hydrogens (tertiary/aromatic N) is 3. The van der Waals surface area contributed by atoms with Crippen LogP contribution in [0.1, 0.15) is 42.6 Å². The molecule has 0 aliphatic carbocycles. The lowest BCUT2D eigenvalue weighted by molar-refractivity contribution is -0.114. The van der Waals surface area contributed by atoms with Gasteiger partial charge in [0, 0.05) is 23.0 Å². The molecule has 0 fully saturated rings. The number of hydrogen-bond donors (Lipinski definition) is 1. The molecule has 1 aromatic heterocycles. The third-order valence-electron chi connectivity index (χ3n) is 5.87. The molecule has 0 saturated carbocycles. The van der Waals surface area contributed by atoms with E-state index in [9.17, 15) is 13.2 Å². The number of benzene rings is 3. The van der Waals surface area contributed by atoms with Crippen molar-refractivity contribution in [3.05, 3.63) is 94.6 Å². The van der Waals surface area contributed by atoms with Gasteiger partial charge in [0.15, 0.2) is 5.82 Å². The van der Waals surface area contributed by atoms with Crippen LogP contribution in [-0.2, 0) is 21.2 Å². The summed E-state index contributed by atoms with van der Waals surface area (Å²) in [5.74, 6) is 0.959. The first-order valence-corrected chi connectivity index (χ1v) is 14.0. The van der Waals surface area contributed by atoms with Crippen molar-refractivity contribution in [2.45, 2.75) is 38.0 Å². The molecule has 1 N–H and O–H groups in total. The van der Waals surface area contributed by atoms with Crippen LogP contribution in [0.2, 0.25) is 5.02 Å². The van der Waals surface area contributed by atoms with Gasteiger partial charge in [0.2, 0.25) is 11.8 Å². The average molecular weight is 569 g/mol. The summed E-state index contributed by atoms with van der Waals surface area (Å²) in [4.78, 5) is 17.4. The summed E-state index contributed by atoms with van der Waals surface area (Å²) in [7, 11) is -2.79. The number of carbonyl (C=O) groups excluding carboxylic acids is 1. The Morgan fingerprint density at radius 1 is 1.08 bits per heavy atom. The number of halogens is 1. The Balaban J connectivity index is 1.54. The lowest BCUT2D eigenvalue weighted by atomic mass is 10.1. The van der Waals surface area contributed by atoms with Crippen LogP contribution >= 0.6 is 11.6 Å². The highest BCUT2D eigenvalue weighted by Gasteiger charge is 2.30. The fourth-order valence-corrected chi connectivity index (χ4v) is 5.61. The third kappa shape index (κ3) is 6.76. The van der Waals surface area contributed by atoms with Gasteiger partial charge in [-0.25, -0.2) is 8.42 Å². The normalized spacial score (nSPS) is 11.4. The number of carbonyl (C=O) groups is 1. The van der Waals surface area contributed by atoms with Crippen molar-refractivity contribution in [3.8, 4) is 5.75 Å². The Hall–Kier alpha value is -3.89. The first-order valence-electron chi connectivity index (χ1n) is 12.2. The number of aryl methyl sites for hydroxylation is 1. The molecular weight excluding hydrogens is 540 g/mol. The molecule has 39 heavy (non-hydrogen) atoms. The Kier molecular flexibility index (Phi) is 8.57. The van der Waals surface area contributed by atoms with Crippen LogP contribution in [0.25, 0.3) is 0 Å². The summed E-state index contributed by atoms with van der Waals surface area (Å²) in [6.07, 6.45) is 0.478. The molecule has 0 bridgehead atoms. The highest BCUT2D eigenvalue weighted by molar-refractivity contribution is 7.93. The van der Waals surface area contributed by atoms with Crippen LogP contribution in [0.5, 0.6) is 5.75 Å². The Morgan fingerprint density at radius 3 is 2.38 bits per heavy atom. The predicted molar refractivity (Wildman–Crippen MR) is 150 cm³/mol. The molecule has 0 radical (unpaired) electrons. The first-order chi connectivity index (χ1) is 18.6. The molecule has 4 aromatic rings. The average Bonchev–Trinajstić information content (AvgIpc) is 3.38. The summed E-state index contributed by atoms with van der Waals surface area (Å²) in [5.41, 5.74) is 2.47. The molecule has 4 rings (SSSR count). The van der Waals surface area contributed by atoms with E-state index in [1.165, 1.54) is 13.2 Å². The van der Waals surface area contributed by atoms with Crippen molar-refractivity contribution >= 4 is 38.9 Å². The molecule has 0 spiro atoms. The Bertz CT molecular complexity index is 1550. The Morgan fingerprint density at radius 2 is 1.77 bits per heavy atom. The lowest BCUT2D eigenvalue weighted by Gasteiger charge is -2.25. The van der Waals surface area contributed by atoms with Gasteiger partial charge in [-0.2, -0.15) is 4.98 Å². The SMILES string of the molecule is COc1ccc(C)cc1S(=O)(=O)N(CC(=O)Nc1ccc(Cc2noc(C(C)C)n2)cc1)c1ccc(Cl)cc1. The van der Waals surface area contributed by atoms with Crippen molar-refractivity contribution in [1.82, 2.24) is 10.1 Å². The number of methoxy groups -OCH3 is 1. The molecule has 3 aromatic carbocycles. The molecule has 9 nitrogen and oxygen atoms in total. The number of nitrogens with one attached hydrogen (secondary N) is 1. The molecule has 0 unspecified atom stereocenters. The van der Waals surface area contributed by atoms with E-state index in [1.54, 1.807) is 55.5 Å². The standard InChI is InChI=1S/C28H29ClN4O5S/c1-18(2)28-31-26(32-38-28)16-20-6-10-22(11-7-20)30-27(34)17-33(23-12-8-21(29)9-13-23)39(35,36)25-15-19(3)5-14-24(25)37-4/h5-15,18H,16-17H2,1-4H3,(H,30,34). The van der Waals surface area contributed by atoms with Crippen molar-refractivity contribution in [1.29, 1.82) is 0 Å². The quantitative estimate of drug-likeness (QED) is 0.265. The summed E-state index contributed by atoms with van der Waals surface area (Å²) >= 11 is 6.03. The van der Waals surface area contributed by atoms with E-state index in [0.29, 0.717) is 28.8 Å². The molecular formula is C28H29ClN4O5S. The van der Waals surface area contributed by atoms with Gasteiger partial charge < -0.3 is 14.6 Å². The smallest absolute Gasteiger partial charge is 0.268 e. The Labute approximate surface area is 232 Å². The topological polar surface area (TPSA) is 115 Å². The van der Waals surface area contributed by atoms with Crippen molar-refractivity contribution in [3.63, 3.8) is 0 Å². The van der Waals surface area contributed by atoms with Gasteiger partial charge in [-0.3, -0.25) is 9.10 Å². The molecule has 11 heteroatoms. The monoisotopic (exact) mass is 568 g/mol. The largest absolute Gasteiger partial charge is 0.495 e. The van der Waals surface area contributed by atoms with E-state index in [-0.39, 0.29) is 22.3 Å². The number of rotatable bonds is 10. The van der Waals surface area contributed by atoms with Crippen molar-refractivity contribution in [2.75, 3.05) is 23.3 Å². The second-order valence-electron chi connectivity index (χ2n) is 9.27. The van der Waals surface area contributed by atoms with E-state index in [2.05, 4.69) is 15.5 Å². The summed E-state index contributed by atoms with van der Waals surface area (Å²) in [5, 5.41) is 7.22. The van der Waals surface area contributed by atoms with Gasteiger partial charge >= 0.3 is 0 Å². The fourth-order valence-electron chi connectivity index (χ4n) is 3.82. The van der Waals surface area contributed by atoms with Crippen molar-refractivity contribution < 1.29 is 22.5 Å². The molecule has 0 atom stereocenters. The summed E-state index contributed by atoms with van der Waals surface area (Å²) in [6, 6.07) is 18.2. The summed E-state index contributed by atoms with van der Waals surface area (Å²) in [6.45, 7) is 5.27. The van der Waals surface area contributed by atoms with E-state index in [1.807, 2.05) is 26.0 Å². The number of anilines is 2. The molecule has 1 heterocycles. The fraction of sp³-hybridized carbons (Fsp3) is 0.250. The van der Waals surface area contributed by atoms with Gasteiger partial charge in [0.05, 0.1) is 12.8 Å². The second-order valence-corrected chi connectivity index (χ2v) is 11.5. The van der Waals surface area contributed by atoms with E-state index >= 15 is 0 Å². The van der Waals surface area contributed by atoms with Gasteiger partial charge in [-0.1, -0.05) is 48.8 Å². The van der Waals surface area contributed by atoms with E-state index in [0.717, 1.165) is 15.4 Å². The highest BCUT2D eigenvalue weighted by atomic mass is 35.5. The van der Waals surface area contributed by atoms with Crippen LogP contribution in [-0.4, -0.2) is 38.1 Å². The number of ether oxygens (including phenoxy) is 1. The zero-order chi connectivity index (χ0) is 28.2. The molecule has 0 aliphatic heterocycles. The van der Waals surface area contributed by atoms with Crippen LogP contribution in [0.4, 0.5) is 11.4 Å². The predicted octanol–water partition coefficient (Wildman–Crippen LogP) is 5.59. The van der Waals surface area contributed by atoms with Crippen LogP contribution in [0.15, 0.2) is 76.1 Å². The summed E-state index contributed by atoms with van der Waals surface area (Å²) < 4.78 is 39.2. The second kappa shape index (κ2) is 11.9. The number of aromatic nitrogens is 2. The van der Waals surface area contributed by atoms with Crippen LogP contribution in [0, 0.1) is 6.92 Å². The maximum absolute atomic E-state index is 13.8. The first kappa shape index (κ1) is 28.1. The molecule has 204 valence electrons. The van der Waals surface area contributed by atoms with Gasteiger partial charge in [-0.05, 0) is 66.6 Å². The van der Waals surface area contributed by atoms with Crippen LogP contribution in [0.3, 0.4) is 0 Å². The lowest BCUT2D eigenvalue weighted by Crippen LogP contribution is -2.38. The van der Waals surface area contributed by atoms with E-state index in [4.69, 9.17) is 20.9 Å².